The third kappa shape index (κ3) is 4.92. The van der Waals surface area contributed by atoms with E-state index >= 15 is 0 Å². The van der Waals surface area contributed by atoms with Crippen molar-refractivity contribution in [1.29, 1.82) is 5.26 Å². The van der Waals surface area contributed by atoms with Crippen LogP contribution in [-0.2, 0) is 0 Å². The van der Waals surface area contributed by atoms with Crippen LogP contribution in [0.5, 0.6) is 5.75 Å². The molecule has 1 aromatic rings. The van der Waals surface area contributed by atoms with Gasteiger partial charge < -0.3 is 4.74 Å². The number of carbonyl (C=O) groups excluding carboxylic acids is 1. The van der Waals surface area contributed by atoms with Gasteiger partial charge in [0.2, 0.25) is 0 Å². The van der Waals surface area contributed by atoms with Gasteiger partial charge in [0, 0.05) is 5.56 Å². The van der Waals surface area contributed by atoms with Crippen LogP contribution in [0.1, 0.15) is 30.6 Å². The Balaban J connectivity index is 2.82. The average Bonchev–Trinajstić information content (AvgIpc) is 2.34. The maximum absolute atomic E-state index is 12.0. The van der Waals surface area contributed by atoms with Crippen molar-refractivity contribution in [3.05, 3.63) is 29.8 Å². The van der Waals surface area contributed by atoms with Gasteiger partial charge in [0.05, 0.1) is 6.07 Å². The van der Waals surface area contributed by atoms with Crippen LogP contribution in [-0.4, -0.2) is 12.1 Å². The fourth-order valence-corrected chi connectivity index (χ4v) is 1.71. The van der Waals surface area contributed by atoms with Gasteiger partial charge in [-0.25, -0.2) is 0 Å². The molecule has 1 atom stereocenters. The number of rotatable bonds is 5. The van der Waals surface area contributed by atoms with Gasteiger partial charge >= 0.3 is 6.36 Å². The molecule has 0 radical (unpaired) electrons. The summed E-state index contributed by atoms with van der Waals surface area (Å²) in [5.41, 5.74) is 0.201. The highest BCUT2D eigenvalue weighted by atomic mass is 19.4. The van der Waals surface area contributed by atoms with E-state index in [-0.39, 0.29) is 17.3 Å². The van der Waals surface area contributed by atoms with Crippen LogP contribution >= 0.6 is 0 Å². The van der Waals surface area contributed by atoms with Crippen LogP contribution in [0.15, 0.2) is 24.3 Å². The highest BCUT2D eigenvalue weighted by Gasteiger charge is 2.31. The zero-order chi connectivity index (χ0) is 15.3. The molecular weight excluding hydrogens is 271 g/mol. The molecule has 0 heterocycles. The molecule has 0 aliphatic carbocycles. The zero-order valence-electron chi connectivity index (χ0n) is 11.1. The summed E-state index contributed by atoms with van der Waals surface area (Å²) in [7, 11) is 0. The molecule has 0 saturated heterocycles. The second kappa shape index (κ2) is 6.42. The maximum atomic E-state index is 12.0. The number of ketones is 1. The number of ether oxygens (including phenoxy) is 1. The van der Waals surface area contributed by atoms with E-state index in [1.807, 2.05) is 19.9 Å². The summed E-state index contributed by atoms with van der Waals surface area (Å²) in [5.74, 6) is -1.40. The topological polar surface area (TPSA) is 50.1 Å². The number of nitriles is 1. The first-order valence-corrected chi connectivity index (χ1v) is 6.02. The summed E-state index contributed by atoms with van der Waals surface area (Å²) in [6.45, 7) is 3.77. The van der Waals surface area contributed by atoms with E-state index in [1.54, 1.807) is 0 Å². The number of carbonyl (C=O) groups is 1. The number of benzene rings is 1. The van der Waals surface area contributed by atoms with E-state index in [9.17, 15) is 18.0 Å². The van der Waals surface area contributed by atoms with E-state index in [1.165, 1.54) is 12.1 Å². The second-order valence-electron chi connectivity index (χ2n) is 4.75. The highest BCUT2D eigenvalue weighted by molar-refractivity contribution is 5.99. The summed E-state index contributed by atoms with van der Waals surface area (Å²) >= 11 is 0. The van der Waals surface area contributed by atoms with Gasteiger partial charge in [-0.2, -0.15) is 5.26 Å². The lowest BCUT2D eigenvalue weighted by Gasteiger charge is -2.12. The summed E-state index contributed by atoms with van der Waals surface area (Å²) in [5, 5.41) is 8.97. The van der Waals surface area contributed by atoms with Crippen molar-refractivity contribution in [2.24, 2.45) is 11.8 Å². The molecule has 0 amide bonds. The Morgan fingerprint density at radius 1 is 1.30 bits per heavy atom. The van der Waals surface area contributed by atoms with E-state index in [0.29, 0.717) is 6.42 Å². The molecule has 1 aromatic carbocycles. The van der Waals surface area contributed by atoms with Crippen molar-refractivity contribution >= 4 is 5.78 Å². The van der Waals surface area contributed by atoms with Gasteiger partial charge in [-0.05, 0) is 36.6 Å². The Labute approximate surface area is 115 Å². The molecule has 6 heteroatoms. The Bertz CT molecular complexity index is 501. The van der Waals surface area contributed by atoms with Gasteiger partial charge in [0.15, 0.2) is 5.78 Å². The number of hydrogen-bond acceptors (Lipinski definition) is 3. The molecule has 108 valence electrons. The van der Waals surface area contributed by atoms with Crippen molar-refractivity contribution in [2.75, 3.05) is 0 Å². The number of halogens is 3. The molecule has 0 aliphatic rings. The predicted molar refractivity (Wildman–Crippen MR) is 66.0 cm³/mol. The SMILES string of the molecule is CC(C)CC(C#N)C(=O)c1ccc(OC(F)(F)F)cc1. The fraction of sp³-hybridized carbons (Fsp3) is 0.429. The standard InChI is InChI=1S/C14H14F3NO2/c1-9(2)7-11(8-18)13(19)10-3-5-12(6-4-10)20-14(15,16)17/h3-6,9,11H,7H2,1-2H3. The van der Waals surface area contributed by atoms with E-state index in [4.69, 9.17) is 5.26 Å². The monoisotopic (exact) mass is 285 g/mol. The molecule has 0 fully saturated rings. The van der Waals surface area contributed by atoms with Crippen LogP contribution in [0.3, 0.4) is 0 Å². The van der Waals surface area contributed by atoms with E-state index in [2.05, 4.69) is 4.74 Å². The molecule has 1 unspecified atom stereocenters. The third-order valence-electron chi connectivity index (χ3n) is 2.55. The first kappa shape index (κ1) is 16.0. The van der Waals surface area contributed by atoms with Crippen LogP contribution in [0.25, 0.3) is 0 Å². The average molecular weight is 285 g/mol. The van der Waals surface area contributed by atoms with Crippen LogP contribution in [0.4, 0.5) is 13.2 Å². The number of Topliss-reactive ketones (excluding diaryl/α,β-unsaturated/α-hetero) is 1. The molecule has 3 nitrogen and oxygen atoms in total. The van der Waals surface area contributed by atoms with Crippen molar-refractivity contribution in [2.45, 2.75) is 26.6 Å². The molecule has 0 bridgehead atoms. The van der Waals surface area contributed by atoms with Gasteiger partial charge in [-0.3, -0.25) is 4.79 Å². The normalized spacial score (nSPS) is 12.8. The minimum Gasteiger partial charge on any atom is -0.406 e. The maximum Gasteiger partial charge on any atom is 0.573 e. The Morgan fingerprint density at radius 3 is 2.25 bits per heavy atom. The smallest absolute Gasteiger partial charge is 0.406 e. The van der Waals surface area contributed by atoms with Crippen LogP contribution in [0, 0.1) is 23.2 Å². The van der Waals surface area contributed by atoms with Crippen molar-refractivity contribution < 1.29 is 22.7 Å². The molecule has 0 spiro atoms. The van der Waals surface area contributed by atoms with Crippen molar-refractivity contribution in [3.8, 4) is 11.8 Å². The predicted octanol–water partition coefficient (Wildman–Crippen LogP) is 3.95. The minimum absolute atomic E-state index is 0.177. The quantitative estimate of drug-likeness (QED) is 0.769. The first-order chi connectivity index (χ1) is 9.23. The molecule has 0 aliphatic heterocycles. The van der Waals surface area contributed by atoms with Gasteiger partial charge in [-0.1, -0.05) is 13.8 Å². The minimum atomic E-state index is -4.77. The third-order valence-corrected chi connectivity index (χ3v) is 2.55. The molecule has 0 N–H and O–H groups in total. The Kier molecular flexibility index (Phi) is 5.14. The zero-order valence-corrected chi connectivity index (χ0v) is 11.1. The number of nitrogens with zero attached hydrogens (tertiary/aromatic N) is 1. The number of hydrogen-bond donors (Lipinski definition) is 0. The van der Waals surface area contributed by atoms with Gasteiger partial charge in [-0.15, -0.1) is 13.2 Å². The second-order valence-corrected chi connectivity index (χ2v) is 4.75. The molecule has 0 saturated carbocycles. The largest absolute Gasteiger partial charge is 0.573 e. The van der Waals surface area contributed by atoms with Crippen LogP contribution in [0.2, 0.25) is 0 Å². The molecular formula is C14H14F3NO2. The number of alkyl halides is 3. The van der Waals surface area contributed by atoms with Crippen molar-refractivity contribution in [1.82, 2.24) is 0 Å². The van der Waals surface area contributed by atoms with Crippen molar-refractivity contribution in [3.63, 3.8) is 0 Å². The van der Waals surface area contributed by atoms with Gasteiger partial charge in [0.1, 0.15) is 11.7 Å². The molecule has 1 rings (SSSR count). The van der Waals surface area contributed by atoms with Gasteiger partial charge in [0.25, 0.3) is 0 Å². The van der Waals surface area contributed by atoms with E-state index in [0.717, 1.165) is 12.1 Å². The fourth-order valence-electron chi connectivity index (χ4n) is 1.71. The molecule has 20 heavy (non-hydrogen) atoms. The highest BCUT2D eigenvalue weighted by Crippen LogP contribution is 2.24. The van der Waals surface area contributed by atoms with Crippen LogP contribution < -0.4 is 4.74 Å². The Hall–Kier alpha value is -2.03. The summed E-state index contributed by atoms with van der Waals surface area (Å²) < 4.78 is 39.7. The molecule has 0 aromatic heterocycles. The summed E-state index contributed by atoms with van der Waals surface area (Å²) in [4.78, 5) is 12.0. The Morgan fingerprint density at radius 2 is 1.85 bits per heavy atom. The first-order valence-electron chi connectivity index (χ1n) is 6.02. The lowest BCUT2D eigenvalue weighted by atomic mass is 9.91. The summed E-state index contributed by atoms with van der Waals surface area (Å²) in [6.07, 6.45) is -4.35. The van der Waals surface area contributed by atoms with E-state index < -0.39 is 18.0 Å². The summed E-state index contributed by atoms with van der Waals surface area (Å²) in [6, 6.07) is 6.50. The lowest BCUT2D eigenvalue weighted by molar-refractivity contribution is -0.274. The lowest BCUT2D eigenvalue weighted by Crippen LogP contribution is -2.18.